The predicted molar refractivity (Wildman–Crippen MR) is 96.1 cm³/mol. The van der Waals surface area contributed by atoms with Crippen molar-refractivity contribution in [1.82, 2.24) is 4.90 Å². The summed E-state index contributed by atoms with van der Waals surface area (Å²) in [6.07, 6.45) is 1.75. The fourth-order valence-corrected chi connectivity index (χ4v) is 3.48. The molecule has 0 bridgehead atoms. The zero-order valence-corrected chi connectivity index (χ0v) is 14.5. The van der Waals surface area contributed by atoms with Crippen molar-refractivity contribution in [3.63, 3.8) is 0 Å². The molecule has 0 N–H and O–H groups in total. The number of likely N-dealkylation sites (tertiary alicyclic amines) is 1. The second-order valence-electron chi connectivity index (χ2n) is 5.92. The lowest BCUT2D eigenvalue weighted by molar-refractivity contribution is 0.0699. The van der Waals surface area contributed by atoms with Crippen LogP contribution in [0.5, 0.6) is 0 Å². The number of nitrogens with zero attached hydrogens (tertiary/aromatic N) is 2. The summed E-state index contributed by atoms with van der Waals surface area (Å²) >= 11 is 12.2. The van der Waals surface area contributed by atoms with Crippen LogP contribution in [0.25, 0.3) is 11.1 Å². The zero-order valence-electron chi connectivity index (χ0n) is 13.0. The summed E-state index contributed by atoms with van der Waals surface area (Å²) in [6.45, 7) is 1.22. The summed E-state index contributed by atoms with van der Waals surface area (Å²) in [5.74, 6) is -0.0847. The maximum atomic E-state index is 12.6. The van der Waals surface area contributed by atoms with Crippen LogP contribution in [0.1, 0.15) is 23.2 Å². The van der Waals surface area contributed by atoms with Crippen LogP contribution in [0.3, 0.4) is 0 Å². The van der Waals surface area contributed by atoms with Crippen LogP contribution in [-0.4, -0.2) is 23.9 Å². The van der Waals surface area contributed by atoms with Gasteiger partial charge in [0.15, 0.2) is 0 Å². The van der Waals surface area contributed by atoms with Crippen molar-refractivity contribution in [2.24, 2.45) is 5.92 Å². The standard InChI is InChI=1S/C19H16Cl2N2O/c20-16-7-8-17(18(21)10-16)14-3-5-15(6-4-14)19(24)23-9-1-2-13(11-22)12-23/h3-8,10,13H,1-2,9,12H2/t13-/m1/s1. The minimum Gasteiger partial charge on any atom is -0.337 e. The van der Waals surface area contributed by atoms with E-state index in [1.54, 1.807) is 29.2 Å². The van der Waals surface area contributed by atoms with Gasteiger partial charge in [-0.1, -0.05) is 41.4 Å². The average Bonchev–Trinajstić information content (AvgIpc) is 2.61. The fraction of sp³-hybridized carbons (Fsp3) is 0.263. The summed E-state index contributed by atoms with van der Waals surface area (Å²) in [4.78, 5) is 14.4. The molecule has 1 aliphatic rings. The van der Waals surface area contributed by atoms with E-state index in [0.717, 1.165) is 24.0 Å². The molecule has 2 aromatic carbocycles. The average molecular weight is 359 g/mol. The first-order chi connectivity index (χ1) is 11.6. The molecule has 5 heteroatoms. The van der Waals surface area contributed by atoms with E-state index >= 15 is 0 Å². The SMILES string of the molecule is N#C[C@H]1CCCN(C(=O)c2ccc(-c3ccc(Cl)cc3Cl)cc2)C1. The molecule has 3 rings (SSSR count). The number of hydrogen-bond donors (Lipinski definition) is 0. The normalized spacial score (nSPS) is 17.4. The van der Waals surface area contributed by atoms with E-state index in [9.17, 15) is 4.79 Å². The molecule has 0 spiro atoms. The van der Waals surface area contributed by atoms with Gasteiger partial charge in [-0.05, 0) is 42.7 Å². The first-order valence-electron chi connectivity index (χ1n) is 7.83. The number of carbonyl (C=O) groups excluding carboxylic acids is 1. The number of halogens is 2. The van der Waals surface area contributed by atoms with Gasteiger partial charge in [-0.25, -0.2) is 0 Å². The van der Waals surface area contributed by atoms with Crippen LogP contribution in [-0.2, 0) is 0 Å². The van der Waals surface area contributed by atoms with E-state index in [0.29, 0.717) is 28.7 Å². The highest BCUT2D eigenvalue weighted by Gasteiger charge is 2.24. The summed E-state index contributed by atoms with van der Waals surface area (Å²) in [5.41, 5.74) is 2.44. The Bertz CT molecular complexity index is 796. The molecule has 122 valence electrons. The Morgan fingerprint density at radius 3 is 2.58 bits per heavy atom. The zero-order chi connectivity index (χ0) is 17.1. The van der Waals surface area contributed by atoms with Gasteiger partial charge in [0.1, 0.15) is 0 Å². The summed E-state index contributed by atoms with van der Waals surface area (Å²) < 4.78 is 0. The maximum Gasteiger partial charge on any atom is 0.253 e. The van der Waals surface area contributed by atoms with Crippen LogP contribution in [0.2, 0.25) is 10.0 Å². The smallest absolute Gasteiger partial charge is 0.253 e. The Morgan fingerprint density at radius 1 is 1.17 bits per heavy atom. The third-order valence-electron chi connectivity index (χ3n) is 4.27. The molecule has 1 heterocycles. The minimum absolute atomic E-state index is 0.0243. The molecule has 1 amide bonds. The highest BCUT2D eigenvalue weighted by molar-refractivity contribution is 6.36. The number of carbonyl (C=O) groups is 1. The van der Waals surface area contributed by atoms with E-state index in [1.807, 2.05) is 18.2 Å². The van der Waals surface area contributed by atoms with Gasteiger partial charge in [0.05, 0.1) is 12.0 Å². The van der Waals surface area contributed by atoms with E-state index in [4.69, 9.17) is 28.5 Å². The molecule has 0 aromatic heterocycles. The monoisotopic (exact) mass is 358 g/mol. The number of hydrogen-bond acceptors (Lipinski definition) is 2. The predicted octanol–water partition coefficient (Wildman–Crippen LogP) is 5.04. The van der Waals surface area contributed by atoms with Crippen LogP contribution in [0, 0.1) is 17.2 Å². The second kappa shape index (κ2) is 7.25. The molecule has 3 nitrogen and oxygen atoms in total. The van der Waals surface area contributed by atoms with Crippen LogP contribution in [0.15, 0.2) is 42.5 Å². The third-order valence-corrected chi connectivity index (χ3v) is 4.81. The second-order valence-corrected chi connectivity index (χ2v) is 6.76. The molecule has 1 saturated heterocycles. The van der Waals surface area contributed by atoms with E-state index in [2.05, 4.69) is 6.07 Å². The lowest BCUT2D eigenvalue weighted by Crippen LogP contribution is -2.39. The van der Waals surface area contributed by atoms with E-state index in [-0.39, 0.29) is 11.8 Å². The van der Waals surface area contributed by atoms with Crippen LogP contribution in [0.4, 0.5) is 0 Å². The Kier molecular flexibility index (Phi) is 5.08. The van der Waals surface area contributed by atoms with Gasteiger partial charge in [0.25, 0.3) is 5.91 Å². The van der Waals surface area contributed by atoms with Crippen molar-refractivity contribution >= 4 is 29.1 Å². The minimum atomic E-state index is -0.0603. The van der Waals surface area contributed by atoms with Gasteiger partial charge in [0, 0.05) is 34.3 Å². The summed E-state index contributed by atoms with van der Waals surface area (Å²) in [6, 6.07) is 15.0. The first kappa shape index (κ1) is 16.8. The Balaban J connectivity index is 1.79. The lowest BCUT2D eigenvalue weighted by atomic mass is 9.98. The van der Waals surface area contributed by atoms with Crippen molar-refractivity contribution in [3.8, 4) is 17.2 Å². The fourth-order valence-electron chi connectivity index (χ4n) is 2.97. The molecule has 0 saturated carbocycles. The molecule has 0 unspecified atom stereocenters. The van der Waals surface area contributed by atoms with Crippen molar-refractivity contribution in [3.05, 3.63) is 58.1 Å². The van der Waals surface area contributed by atoms with Gasteiger partial charge in [0.2, 0.25) is 0 Å². The van der Waals surface area contributed by atoms with Gasteiger partial charge >= 0.3 is 0 Å². The third kappa shape index (κ3) is 3.56. The number of rotatable bonds is 2. The lowest BCUT2D eigenvalue weighted by Gasteiger charge is -2.29. The van der Waals surface area contributed by atoms with Gasteiger partial charge in [-0.2, -0.15) is 5.26 Å². The van der Waals surface area contributed by atoms with Gasteiger partial charge < -0.3 is 4.90 Å². The molecule has 1 aliphatic heterocycles. The topological polar surface area (TPSA) is 44.1 Å². The molecular weight excluding hydrogens is 343 g/mol. The number of piperidine rings is 1. The molecule has 1 fully saturated rings. The largest absolute Gasteiger partial charge is 0.337 e. The number of benzene rings is 2. The van der Waals surface area contributed by atoms with E-state index in [1.165, 1.54) is 0 Å². The van der Waals surface area contributed by atoms with Gasteiger partial charge in [-0.15, -0.1) is 0 Å². The maximum absolute atomic E-state index is 12.6. The molecule has 2 aromatic rings. The highest BCUT2D eigenvalue weighted by Crippen LogP contribution is 2.30. The molecule has 0 aliphatic carbocycles. The Hall–Kier alpha value is -2.02. The highest BCUT2D eigenvalue weighted by atomic mass is 35.5. The summed E-state index contributed by atoms with van der Waals surface area (Å²) in [5, 5.41) is 10.2. The molecule has 0 radical (unpaired) electrons. The number of amides is 1. The van der Waals surface area contributed by atoms with Crippen LogP contribution >= 0.6 is 23.2 Å². The first-order valence-corrected chi connectivity index (χ1v) is 8.58. The molecule has 1 atom stereocenters. The van der Waals surface area contributed by atoms with E-state index < -0.39 is 0 Å². The quantitative estimate of drug-likeness (QED) is 0.754. The van der Waals surface area contributed by atoms with Crippen molar-refractivity contribution in [2.45, 2.75) is 12.8 Å². The Labute approximate surface area is 151 Å². The molecular formula is C19H16Cl2N2O. The number of nitriles is 1. The van der Waals surface area contributed by atoms with Gasteiger partial charge in [-0.3, -0.25) is 4.79 Å². The van der Waals surface area contributed by atoms with Crippen molar-refractivity contribution in [1.29, 1.82) is 5.26 Å². The molecule has 24 heavy (non-hydrogen) atoms. The Morgan fingerprint density at radius 2 is 1.92 bits per heavy atom. The van der Waals surface area contributed by atoms with Crippen LogP contribution < -0.4 is 0 Å². The summed E-state index contributed by atoms with van der Waals surface area (Å²) in [7, 11) is 0. The van der Waals surface area contributed by atoms with Crippen molar-refractivity contribution in [2.75, 3.05) is 13.1 Å². The van der Waals surface area contributed by atoms with Crippen molar-refractivity contribution < 1.29 is 4.79 Å².